The monoisotopic (exact) mass is 358 g/mol. The molecule has 0 bridgehead atoms. The van der Waals surface area contributed by atoms with Crippen LogP contribution in [0, 0.1) is 0 Å². The molecule has 2 rings (SSSR count). The highest BCUT2D eigenvalue weighted by Crippen LogP contribution is 2.28. The van der Waals surface area contributed by atoms with Gasteiger partial charge in [-0.3, -0.25) is 4.79 Å². The van der Waals surface area contributed by atoms with Gasteiger partial charge in [-0.15, -0.1) is 0 Å². The van der Waals surface area contributed by atoms with Gasteiger partial charge in [-0.05, 0) is 25.1 Å². The van der Waals surface area contributed by atoms with Gasteiger partial charge in [0.1, 0.15) is 12.4 Å². The third kappa shape index (κ3) is 6.59. The summed E-state index contributed by atoms with van der Waals surface area (Å²) in [6, 6.07) is 5.43. The van der Waals surface area contributed by atoms with Crippen molar-refractivity contribution in [3.05, 3.63) is 23.2 Å². The molecule has 1 fully saturated rings. The zero-order chi connectivity index (χ0) is 16.5. The summed E-state index contributed by atoms with van der Waals surface area (Å²) in [5, 5.41) is 6.81. The molecule has 1 saturated heterocycles. The number of ether oxygens (including phenoxy) is 2. The Labute approximate surface area is 146 Å². The van der Waals surface area contributed by atoms with E-state index in [2.05, 4.69) is 10.6 Å². The number of anilines is 1. The Morgan fingerprint density at radius 3 is 3.09 bits per heavy atom. The van der Waals surface area contributed by atoms with Crippen molar-refractivity contribution in [2.45, 2.75) is 19.4 Å². The van der Waals surface area contributed by atoms with Gasteiger partial charge in [0.25, 0.3) is 0 Å². The molecule has 1 aromatic carbocycles. The van der Waals surface area contributed by atoms with E-state index in [4.69, 9.17) is 21.1 Å². The first-order valence-electron chi connectivity index (χ1n) is 7.80. The normalized spacial score (nSPS) is 17.7. The lowest BCUT2D eigenvalue weighted by Crippen LogP contribution is -2.39. The van der Waals surface area contributed by atoms with Crippen LogP contribution in [0.3, 0.4) is 0 Å². The van der Waals surface area contributed by atoms with Gasteiger partial charge in [-0.2, -0.15) is 11.8 Å². The first-order valence-corrected chi connectivity index (χ1v) is 9.33. The summed E-state index contributed by atoms with van der Waals surface area (Å²) in [4.78, 5) is 12.2. The minimum Gasteiger partial charge on any atom is -0.489 e. The molecule has 1 aromatic rings. The van der Waals surface area contributed by atoms with Crippen LogP contribution in [-0.2, 0) is 9.53 Å². The van der Waals surface area contributed by atoms with Crippen LogP contribution in [0.1, 0.15) is 13.3 Å². The summed E-state index contributed by atoms with van der Waals surface area (Å²) in [5.41, 5.74) is 0.600. The molecule has 0 saturated carbocycles. The minimum atomic E-state index is -0.0399. The molecule has 0 aromatic heterocycles. The average Bonchev–Trinajstić information content (AvgIpc) is 2.54. The van der Waals surface area contributed by atoms with Crippen molar-refractivity contribution < 1.29 is 14.3 Å². The Morgan fingerprint density at radius 2 is 2.35 bits per heavy atom. The first kappa shape index (κ1) is 18.4. The second-order valence-electron chi connectivity index (χ2n) is 5.16. The zero-order valence-electron chi connectivity index (χ0n) is 13.3. The van der Waals surface area contributed by atoms with Crippen LogP contribution in [-0.4, -0.2) is 49.8 Å². The van der Waals surface area contributed by atoms with Crippen molar-refractivity contribution in [3.63, 3.8) is 0 Å². The molecule has 1 aliphatic rings. The van der Waals surface area contributed by atoms with Crippen molar-refractivity contribution >= 4 is 35.0 Å². The smallest absolute Gasteiger partial charge is 0.226 e. The van der Waals surface area contributed by atoms with Gasteiger partial charge in [-0.25, -0.2) is 0 Å². The summed E-state index contributed by atoms with van der Waals surface area (Å²) in [6.45, 7) is 4.48. The predicted octanol–water partition coefficient (Wildman–Crippen LogP) is 2.79. The first-order chi connectivity index (χ1) is 11.2. The van der Waals surface area contributed by atoms with E-state index in [1.54, 1.807) is 18.2 Å². The SMILES string of the molecule is CCOCCOc1ccc(Cl)cc1NC(=O)CC1CSCCN1. The number of halogens is 1. The van der Waals surface area contributed by atoms with Crippen LogP contribution in [0.4, 0.5) is 5.69 Å². The molecule has 23 heavy (non-hydrogen) atoms. The van der Waals surface area contributed by atoms with Gasteiger partial charge in [-0.1, -0.05) is 11.6 Å². The summed E-state index contributed by atoms with van der Waals surface area (Å²) >= 11 is 7.90. The summed E-state index contributed by atoms with van der Waals surface area (Å²) in [6.07, 6.45) is 0.442. The number of hydrogen-bond acceptors (Lipinski definition) is 5. The average molecular weight is 359 g/mol. The largest absolute Gasteiger partial charge is 0.489 e. The van der Waals surface area contributed by atoms with Gasteiger partial charge in [0.05, 0.1) is 12.3 Å². The highest BCUT2D eigenvalue weighted by molar-refractivity contribution is 7.99. The number of benzene rings is 1. The Morgan fingerprint density at radius 1 is 1.48 bits per heavy atom. The molecule has 7 heteroatoms. The number of nitrogens with one attached hydrogen (secondary N) is 2. The number of hydrogen-bond donors (Lipinski definition) is 2. The van der Waals surface area contributed by atoms with Crippen LogP contribution in [0.2, 0.25) is 5.02 Å². The van der Waals surface area contributed by atoms with Crippen molar-refractivity contribution in [1.29, 1.82) is 0 Å². The van der Waals surface area contributed by atoms with Crippen molar-refractivity contribution in [3.8, 4) is 5.75 Å². The lowest BCUT2D eigenvalue weighted by Gasteiger charge is -2.22. The molecule has 1 heterocycles. The second-order valence-corrected chi connectivity index (χ2v) is 6.75. The van der Waals surface area contributed by atoms with Gasteiger partial charge in [0.2, 0.25) is 5.91 Å². The standard InChI is InChI=1S/C16H23ClN2O3S/c1-2-21-6-7-22-15-4-3-12(17)9-14(15)19-16(20)10-13-11-23-8-5-18-13/h3-4,9,13,18H,2,5-8,10-11H2,1H3,(H,19,20). The fourth-order valence-electron chi connectivity index (χ4n) is 2.26. The molecule has 1 atom stereocenters. The molecule has 128 valence electrons. The van der Waals surface area contributed by atoms with E-state index >= 15 is 0 Å². The third-order valence-corrected chi connectivity index (χ3v) is 4.70. The molecule has 1 aliphatic heterocycles. The van der Waals surface area contributed by atoms with Crippen LogP contribution >= 0.6 is 23.4 Å². The third-order valence-electron chi connectivity index (χ3n) is 3.34. The molecule has 2 N–H and O–H groups in total. The Bertz CT molecular complexity index is 510. The van der Waals surface area contributed by atoms with Crippen LogP contribution in [0.25, 0.3) is 0 Å². The van der Waals surface area contributed by atoms with Gasteiger partial charge < -0.3 is 20.1 Å². The van der Waals surface area contributed by atoms with E-state index in [0.29, 0.717) is 42.7 Å². The molecule has 5 nitrogen and oxygen atoms in total. The van der Waals surface area contributed by atoms with E-state index < -0.39 is 0 Å². The van der Waals surface area contributed by atoms with E-state index in [1.165, 1.54) is 0 Å². The quantitative estimate of drug-likeness (QED) is 0.700. The van der Waals surface area contributed by atoms with Gasteiger partial charge in [0.15, 0.2) is 0 Å². The highest BCUT2D eigenvalue weighted by atomic mass is 35.5. The molecular formula is C16H23ClN2O3S. The molecule has 0 radical (unpaired) electrons. The second kappa shape index (κ2) is 10.0. The highest BCUT2D eigenvalue weighted by Gasteiger charge is 2.17. The number of rotatable bonds is 8. The minimum absolute atomic E-state index is 0.0399. The van der Waals surface area contributed by atoms with Crippen molar-refractivity contribution in [2.75, 3.05) is 43.2 Å². The van der Waals surface area contributed by atoms with Crippen LogP contribution < -0.4 is 15.4 Å². The van der Waals surface area contributed by atoms with E-state index in [9.17, 15) is 4.79 Å². The van der Waals surface area contributed by atoms with Crippen LogP contribution in [0.5, 0.6) is 5.75 Å². The Kier molecular flexibility index (Phi) is 8.02. The molecular weight excluding hydrogens is 336 g/mol. The Balaban J connectivity index is 1.91. The zero-order valence-corrected chi connectivity index (χ0v) is 14.8. The number of carbonyl (C=O) groups is 1. The molecule has 0 spiro atoms. The number of amides is 1. The predicted molar refractivity (Wildman–Crippen MR) is 95.8 cm³/mol. The maximum atomic E-state index is 12.2. The van der Waals surface area contributed by atoms with E-state index in [1.807, 2.05) is 18.7 Å². The van der Waals surface area contributed by atoms with E-state index in [-0.39, 0.29) is 11.9 Å². The number of carbonyl (C=O) groups excluding carboxylic acids is 1. The maximum absolute atomic E-state index is 12.2. The lowest BCUT2D eigenvalue weighted by atomic mass is 10.2. The summed E-state index contributed by atoms with van der Waals surface area (Å²) in [5.74, 6) is 2.63. The van der Waals surface area contributed by atoms with Crippen molar-refractivity contribution in [2.24, 2.45) is 0 Å². The van der Waals surface area contributed by atoms with Crippen LogP contribution in [0.15, 0.2) is 18.2 Å². The van der Waals surface area contributed by atoms with Gasteiger partial charge in [0, 0.05) is 42.1 Å². The van der Waals surface area contributed by atoms with Crippen molar-refractivity contribution in [1.82, 2.24) is 5.32 Å². The summed E-state index contributed by atoms with van der Waals surface area (Å²) < 4.78 is 10.9. The van der Waals surface area contributed by atoms with E-state index in [0.717, 1.165) is 18.1 Å². The Hall–Kier alpha value is -0.950. The fourth-order valence-corrected chi connectivity index (χ4v) is 3.38. The van der Waals surface area contributed by atoms with Gasteiger partial charge >= 0.3 is 0 Å². The summed E-state index contributed by atoms with van der Waals surface area (Å²) in [7, 11) is 0. The molecule has 1 amide bonds. The maximum Gasteiger partial charge on any atom is 0.226 e. The fraction of sp³-hybridized carbons (Fsp3) is 0.562. The molecule has 0 aliphatic carbocycles. The number of thioether (sulfide) groups is 1. The topological polar surface area (TPSA) is 59.6 Å². The lowest BCUT2D eigenvalue weighted by molar-refractivity contribution is -0.116. The molecule has 1 unspecified atom stereocenters.